The Bertz CT molecular complexity index is 354. The number of pyridine rings is 1. The van der Waals surface area contributed by atoms with E-state index in [1.54, 1.807) is 7.11 Å². The van der Waals surface area contributed by atoms with Gasteiger partial charge in [-0.25, -0.2) is 0 Å². The number of hydrogen-bond acceptors (Lipinski definition) is 4. The van der Waals surface area contributed by atoms with E-state index in [9.17, 15) is 0 Å². The Balaban J connectivity index is 2.05. The first kappa shape index (κ1) is 12.2. The molecule has 0 saturated carbocycles. The van der Waals surface area contributed by atoms with Crippen molar-refractivity contribution < 1.29 is 4.74 Å². The third kappa shape index (κ3) is 3.09. The van der Waals surface area contributed by atoms with Gasteiger partial charge >= 0.3 is 0 Å². The van der Waals surface area contributed by atoms with Gasteiger partial charge < -0.3 is 15.0 Å². The molecular weight excluding hydrogens is 214 g/mol. The second-order valence-electron chi connectivity index (χ2n) is 4.38. The average molecular weight is 235 g/mol. The van der Waals surface area contributed by atoms with Crippen molar-refractivity contribution in [2.45, 2.75) is 25.8 Å². The van der Waals surface area contributed by atoms with Gasteiger partial charge in [-0.05, 0) is 25.5 Å². The minimum Gasteiger partial charge on any atom is -0.481 e. The Morgan fingerprint density at radius 1 is 1.53 bits per heavy atom. The van der Waals surface area contributed by atoms with Gasteiger partial charge in [0, 0.05) is 25.2 Å². The van der Waals surface area contributed by atoms with E-state index in [2.05, 4.69) is 28.2 Å². The van der Waals surface area contributed by atoms with Crippen molar-refractivity contribution in [3.8, 4) is 5.88 Å². The number of anilines is 1. The number of hydrogen-bond donors (Lipinski definition) is 1. The van der Waals surface area contributed by atoms with E-state index in [0.717, 1.165) is 25.5 Å². The van der Waals surface area contributed by atoms with Crippen molar-refractivity contribution >= 4 is 5.82 Å². The first-order chi connectivity index (χ1) is 8.33. The van der Waals surface area contributed by atoms with Gasteiger partial charge in [0.15, 0.2) is 0 Å². The Morgan fingerprint density at radius 3 is 3.18 bits per heavy atom. The predicted octanol–water partition coefficient (Wildman–Crippen LogP) is 1.67. The third-order valence-corrected chi connectivity index (χ3v) is 3.16. The van der Waals surface area contributed by atoms with Crippen LogP contribution >= 0.6 is 0 Å². The Kier molecular flexibility index (Phi) is 4.20. The maximum Gasteiger partial charge on any atom is 0.214 e. The fourth-order valence-electron chi connectivity index (χ4n) is 2.33. The average Bonchev–Trinajstić information content (AvgIpc) is 2.40. The van der Waals surface area contributed by atoms with Crippen LogP contribution in [0.5, 0.6) is 5.88 Å². The summed E-state index contributed by atoms with van der Waals surface area (Å²) < 4.78 is 5.17. The molecule has 1 fully saturated rings. The van der Waals surface area contributed by atoms with Crippen molar-refractivity contribution in [1.82, 2.24) is 10.3 Å². The van der Waals surface area contributed by atoms with Gasteiger partial charge in [0.2, 0.25) is 5.88 Å². The maximum absolute atomic E-state index is 5.17. The number of rotatable bonds is 4. The van der Waals surface area contributed by atoms with Gasteiger partial charge in [-0.15, -0.1) is 0 Å². The summed E-state index contributed by atoms with van der Waals surface area (Å²) in [5.74, 6) is 1.71. The normalized spacial score (nSPS) is 20.4. The molecule has 1 N–H and O–H groups in total. The second-order valence-corrected chi connectivity index (χ2v) is 4.38. The monoisotopic (exact) mass is 235 g/mol. The molecule has 0 aliphatic carbocycles. The predicted molar refractivity (Wildman–Crippen MR) is 69.7 cm³/mol. The van der Waals surface area contributed by atoms with Crippen LogP contribution in [0.15, 0.2) is 18.2 Å². The summed E-state index contributed by atoms with van der Waals surface area (Å²) in [5.41, 5.74) is 0. The number of nitrogens with zero attached hydrogens (tertiary/aromatic N) is 2. The van der Waals surface area contributed by atoms with E-state index in [1.807, 2.05) is 12.1 Å². The van der Waals surface area contributed by atoms with Gasteiger partial charge in [-0.3, -0.25) is 0 Å². The molecule has 0 bridgehead atoms. The summed E-state index contributed by atoms with van der Waals surface area (Å²) in [5, 5.41) is 3.51. The van der Waals surface area contributed by atoms with Crippen LogP contribution in [0.1, 0.15) is 19.8 Å². The van der Waals surface area contributed by atoms with E-state index in [4.69, 9.17) is 4.74 Å². The van der Waals surface area contributed by atoms with Crippen molar-refractivity contribution in [1.29, 1.82) is 0 Å². The molecule has 0 amide bonds. The zero-order valence-corrected chi connectivity index (χ0v) is 10.6. The van der Waals surface area contributed by atoms with Gasteiger partial charge in [0.25, 0.3) is 0 Å². The summed E-state index contributed by atoms with van der Waals surface area (Å²) in [7, 11) is 1.66. The highest BCUT2D eigenvalue weighted by atomic mass is 16.5. The van der Waals surface area contributed by atoms with Gasteiger partial charge in [-0.2, -0.15) is 4.98 Å². The lowest BCUT2D eigenvalue weighted by molar-refractivity contribution is 0.395. The molecule has 2 rings (SSSR count). The van der Waals surface area contributed by atoms with Crippen LogP contribution in [0, 0.1) is 0 Å². The zero-order chi connectivity index (χ0) is 12.1. The molecule has 94 valence electrons. The summed E-state index contributed by atoms with van der Waals surface area (Å²) in [6.07, 6.45) is 2.48. The minimum absolute atomic E-state index is 0.585. The Labute approximate surface area is 103 Å². The van der Waals surface area contributed by atoms with Crippen LogP contribution in [0.4, 0.5) is 5.82 Å². The molecule has 1 aromatic heterocycles. The first-order valence-corrected chi connectivity index (χ1v) is 6.33. The van der Waals surface area contributed by atoms with Gasteiger partial charge in [-0.1, -0.05) is 13.0 Å². The molecule has 0 spiro atoms. The summed E-state index contributed by atoms with van der Waals surface area (Å²) in [4.78, 5) is 6.82. The third-order valence-electron chi connectivity index (χ3n) is 3.16. The molecule has 4 heteroatoms. The van der Waals surface area contributed by atoms with Crippen LogP contribution < -0.4 is 15.0 Å². The van der Waals surface area contributed by atoms with Crippen molar-refractivity contribution in [2.24, 2.45) is 0 Å². The molecule has 1 aliphatic heterocycles. The second kappa shape index (κ2) is 5.87. The molecule has 0 aromatic carbocycles. The fourth-order valence-corrected chi connectivity index (χ4v) is 2.33. The first-order valence-electron chi connectivity index (χ1n) is 6.33. The van der Waals surface area contributed by atoms with Crippen LogP contribution in [0.25, 0.3) is 0 Å². The fraction of sp³-hybridized carbons (Fsp3) is 0.615. The van der Waals surface area contributed by atoms with E-state index in [1.165, 1.54) is 12.8 Å². The maximum atomic E-state index is 5.17. The van der Waals surface area contributed by atoms with Gasteiger partial charge in [0.05, 0.1) is 7.11 Å². The molecule has 1 atom stereocenters. The lowest BCUT2D eigenvalue weighted by Gasteiger charge is -2.34. The van der Waals surface area contributed by atoms with E-state index in [0.29, 0.717) is 11.9 Å². The number of nitrogens with one attached hydrogen (secondary N) is 1. The van der Waals surface area contributed by atoms with Crippen molar-refractivity contribution in [2.75, 3.05) is 31.6 Å². The number of methoxy groups -OCH3 is 1. The number of aromatic nitrogens is 1. The molecule has 1 saturated heterocycles. The van der Waals surface area contributed by atoms with Crippen LogP contribution in [-0.2, 0) is 0 Å². The lowest BCUT2D eigenvalue weighted by atomic mass is 10.1. The minimum atomic E-state index is 0.585. The Morgan fingerprint density at radius 2 is 2.41 bits per heavy atom. The standard InChI is InChI=1S/C13H21N3O/c1-3-14-11-6-5-9-16(10-11)12-7-4-8-13(15-12)17-2/h4,7-8,11,14H,3,5-6,9-10H2,1-2H3. The SMILES string of the molecule is CCNC1CCCN(c2cccc(OC)n2)C1. The molecule has 17 heavy (non-hydrogen) atoms. The molecule has 2 heterocycles. The van der Waals surface area contributed by atoms with E-state index >= 15 is 0 Å². The van der Waals surface area contributed by atoms with Gasteiger partial charge in [0.1, 0.15) is 5.82 Å². The molecule has 1 aromatic rings. The van der Waals surface area contributed by atoms with E-state index in [-0.39, 0.29) is 0 Å². The zero-order valence-electron chi connectivity index (χ0n) is 10.6. The molecular formula is C13H21N3O. The highest BCUT2D eigenvalue weighted by Gasteiger charge is 2.20. The quantitative estimate of drug-likeness (QED) is 0.861. The number of likely N-dealkylation sites (N-methyl/N-ethyl adjacent to an activating group) is 1. The number of piperidine rings is 1. The van der Waals surface area contributed by atoms with Crippen molar-refractivity contribution in [3.63, 3.8) is 0 Å². The largest absolute Gasteiger partial charge is 0.481 e. The highest BCUT2D eigenvalue weighted by Crippen LogP contribution is 2.20. The topological polar surface area (TPSA) is 37.4 Å². The lowest BCUT2D eigenvalue weighted by Crippen LogP contribution is -2.46. The summed E-state index contributed by atoms with van der Waals surface area (Å²) >= 11 is 0. The van der Waals surface area contributed by atoms with Crippen molar-refractivity contribution in [3.05, 3.63) is 18.2 Å². The smallest absolute Gasteiger partial charge is 0.214 e. The molecule has 4 nitrogen and oxygen atoms in total. The molecule has 0 radical (unpaired) electrons. The van der Waals surface area contributed by atoms with Crippen LogP contribution in [0.3, 0.4) is 0 Å². The molecule has 1 aliphatic rings. The van der Waals surface area contributed by atoms with Crippen LogP contribution in [-0.4, -0.2) is 37.8 Å². The van der Waals surface area contributed by atoms with E-state index < -0.39 is 0 Å². The van der Waals surface area contributed by atoms with Crippen LogP contribution in [0.2, 0.25) is 0 Å². The Hall–Kier alpha value is -1.29. The highest BCUT2D eigenvalue weighted by molar-refractivity contribution is 5.41. The number of ether oxygens (including phenoxy) is 1. The molecule has 1 unspecified atom stereocenters. The summed E-state index contributed by atoms with van der Waals surface area (Å²) in [6.45, 7) is 5.31. The summed E-state index contributed by atoms with van der Waals surface area (Å²) in [6, 6.07) is 6.52.